The third-order valence-electron chi connectivity index (χ3n) is 4.76. The van der Waals surface area contributed by atoms with Gasteiger partial charge in [0.15, 0.2) is 0 Å². The van der Waals surface area contributed by atoms with Gasteiger partial charge in [0.2, 0.25) is 0 Å². The van der Waals surface area contributed by atoms with Crippen molar-refractivity contribution in [2.45, 2.75) is 26.2 Å². The number of hydrogen-bond donors (Lipinski definition) is 2. The number of phenols is 1. The largest absolute Gasteiger partial charge is 0.507 e. The third-order valence-corrected chi connectivity index (χ3v) is 4.76. The lowest BCUT2D eigenvalue weighted by Gasteiger charge is -2.30. The van der Waals surface area contributed by atoms with Crippen LogP contribution in [0.1, 0.15) is 47.7 Å². The number of nitrogens with zero attached hydrogens (tertiary/aromatic N) is 1. The number of carbonyl (C=O) groups is 1. The van der Waals surface area contributed by atoms with E-state index in [4.69, 9.17) is 5.11 Å². The number of unbranched alkanes of at least 4 members (excludes halogenated alkanes) is 2. The first-order chi connectivity index (χ1) is 13.6. The molecule has 0 fully saturated rings. The highest BCUT2D eigenvalue weighted by molar-refractivity contribution is 5.91. The maximum Gasteiger partial charge on any atom is 0.339 e. The van der Waals surface area contributed by atoms with Crippen LogP contribution >= 0.6 is 0 Å². The zero-order valence-corrected chi connectivity index (χ0v) is 16.0. The lowest BCUT2D eigenvalue weighted by Crippen LogP contribution is -2.25. The van der Waals surface area contributed by atoms with Crippen molar-refractivity contribution in [2.75, 3.05) is 11.4 Å². The van der Waals surface area contributed by atoms with E-state index in [2.05, 4.69) is 42.2 Å². The number of carboxylic acids is 1. The summed E-state index contributed by atoms with van der Waals surface area (Å²) >= 11 is 0. The Hall–Kier alpha value is -3.27. The average Bonchev–Trinajstić information content (AvgIpc) is 2.70. The van der Waals surface area contributed by atoms with E-state index in [1.54, 1.807) is 6.07 Å². The highest BCUT2D eigenvalue weighted by atomic mass is 16.4. The van der Waals surface area contributed by atoms with Gasteiger partial charge in [-0.1, -0.05) is 62.3 Å². The van der Waals surface area contributed by atoms with Gasteiger partial charge in [0, 0.05) is 17.9 Å². The number of aromatic carboxylic acids is 1. The van der Waals surface area contributed by atoms with Crippen LogP contribution in [-0.2, 0) is 0 Å². The molecule has 0 spiro atoms. The van der Waals surface area contributed by atoms with Gasteiger partial charge in [-0.2, -0.15) is 0 Å². The Labute approximate surface area is 165 Å². The van der Waals surface area contributed by atoms with Crippen LogP contribution < -0.4 is 4.90 Å². The Bertz CT molecular complexity index is 941. The summed E-state index contributed by atoms with van der Waals surface area (Å²) in [6.45, 7) is 3.16. The Morgan fingerprint density at radius 2 is 1.93 bits per heavy atom. The van der Waals surface area contributed by atoms with Crippen LogP contribution in [0.5, 0.6) is 5.75 Å². The maximum atomic E-state index is 11.2. The van der Waals surface area contributed by atoms with Crippen LogP contribution in [0.25, 0.3) is 12.2 Å². The molecule has 2 aromatic carbocycles. The van der Waals surface area contributed by atoms with Gasteiger partial charge in [-0.05, 0) is 47.9 Å². The highest BCUT2D eigenvalue weighted by Crippen LogP contribution is 2.31. The number of anilines is 1. The van der Waals surface area contributed by atoms with Crippen LogP contribution in [0.4, 0.5) is 5.69 Å². The van der Waals surface area contributed by atoms with Crippen molar-refractivity contribution in [1.82, 2.24) is 0 Å². The van der Waals surface area contributed by atoms with E-state index in [1.165, 1.54) is 36.2 Å². The van der Waals surface area contributed by atoms with E-state index in [0.29, 0.717) is 0 Å². The van der Waals surface area contributed by atoms with Gasteiger partial charge in [-0.15, -0.1) is 0 Å². The first kappa shape index (κ1) is 19.5. The average molecular weight is 375 g/mol. The molecule has 144 valence electrons. The quantitative estimate of drug-likeness (QED) is 0.608. The van der Waals surface area contributed by atoms with Gasteiger partial charge >= 0.3 is 5.97 Å². The fourth-order valence-corrected chi connectivity index (χ4v) is 3.28. The Kier molecular flexibility index (Phi) is 6.33. The van der Waals surface area contributed by atoms with Gasteiger partial charge in [-0.25, -0.2) is 4.79 Å². The van der Waals surface area contributed by atoms with Crippen molar-refractivity contribution in [3.63, 3.8) is 0 Å². The summed E-state index contributed by atoms with van der Waals surface area (Å²) in [7, 11) is 0. The number of rotatable bonds is 7. The van der Waals surface area contributed by atoms with Crippen molar-refractivity contribution in [1.29, 1.82) is 0 Å². The summed E-state index contributed by atoms with van der Waals surface area (Å²) in [4.78, 5) is 13.5. The zero-order valence-electron chi connectivity index (χ0n) is 16.0. The molecule has 0 saturated carbocycles. The normalized spacial score (nSPS) is 14.6. The molecule has 1 aliphatic rings. The first-order valence-corrected chi connectivity index (χ1v) is 9.59. The minimum atomic E-state index is -1.14. The highest BCUT2D eigenvalue weighted by Gasteiger charge is 2.16. The Morgan fingerprint density at radius 1 is 1.11 bits per heavy atom. The minimum absolute atomic E-state index is 0.0949. The topological polar surface area (TPSA) is 60.8 Å². The third kappa shape index (κ3) is 4.52. The summed E-state index contributed by atoms with van der Waals surface area (Å²) in [5, 5.41) is 18.8. The number of aromatic hydroxyl groups is 1. The number of para-hydroxylation sites is 1. The predicted molar refractivity (Wildman–Crippen MR) is 115 cm³/mol. The minimum Gasteiger partial charge on any atom is -0.507 e. The molecule has 0 atom stereocenters. The summed E-state index contributed by atoms with van der Waals surface area (Å²) in [5.41, 5.74) is 4.15. The summed E-state index contributed by atoms with van der Waals surface area (Å²) in [5.74, 6) is -1.36. The van der Waals surface area contributed by atoms with Gasteiger partial charge < -0.3 is 15.1 Å². The fraction of sp³-hybridized carbons (Fsp3) is 0.208. The Morgan fingerprint density at radius 3 is 2.71 bits per heavy atom. The molecule has 0 amide bonds. The Balaban J connectivity index is 1.84. The maximum absolute atomic E-state index is 11.2. The van der Waals surface area contributed by atoms with Gasteiger partial charge in [0.25, 0.3) is 0 Å². The first-order valence-electron chi connectivity index (χ1n) is 9.59. The smallest absolute Gasteiger partial charge is 0.339 e. The summed E-state index contributed by atoms with van der Waals surface area (Å²) in [6, 6.07) is 12.9. The summed E-state index contributed by atoms with van der Waals surface area (Å²) in [6.07, 6.45) is 13.5. The van der Waals surface area contributed by atoms with Gasteiger partial charge in [-0.3, -0.25) is 0 Å². The van der Waals surface area contributed by atoms with E-state index in [9.17, 15) is 9.90 Å². The summed E-state index contributed by atoms with van der Waals surface area (Å²) < 4.78 is 0. The molecule has 0 unspecified atom stereocenters. The molecular weight excluding hydrogens is 350 g/mol. The molecule has 28 heavy (non-hydrogen) atoms. The second kappa shape index (κ2) is 9.09. The molecule has 0 radical (unpaired) electrons. The molecule has 0 bridgehead atoms. The van der Waals surface area contributed by atoms with Crippen molar-refractivity contribution in [3.05, 3.63) is 83.1 Å². The molecule has 4 nitrogen and oxygen atoms in total. The second-order valence-electron chi connectivity index (χ2n) is 6.78. The SMILES string of the molecule is CCCCCN1C(=CC=Cc2ccc(O)c(C(=O)O)c2)C=Cc2ccccc21. The van der Waals surface area contributed by atoms with Gasteiger partial charge in [0.05, 0.1) is 0 Å². The molecular formula is C24H25NO3. The van der Waals surface area contributed by atoms with E-state index < -0.39 is 5.97 Å². The number of fused-ring (bicyclic) bond motifs is 1. The molecule has 0 aromatic heterocycles. The van der Waals surface area contributed by atoms with Crippen molar-refractivity contribution >= 4 is 23.8 Å². The van der Waals surface area contributed by atoms with Crippen LogP contribution in [-0.4, -0.2) is 22.7 Å². The molecule has 4 heteroatoms. The second-order valence-corrected chi connectivity index (χ2v) is 6.78. The van der Waals surface area contributed by atoms with Crippen LogP contribution in [0.2, 0.25) is 0 Å². The van der Waals surface area contributed by atoms with Gasteiger partial charge in [0.1, 0.15) is 11.3 Å². The standard InChI is InChI=1S/C24H25NO3/c1-2-3-6-16-25-20(14-13-19-9-4-5-11-22(19)25)10-7-8-18-12-15-23(26)21(17-18)24(27)28/h4-5,7-15,17,26H,2-3,6,16H2,1H3,(H,27,28). The molecule has 2 N–H and O–H groups in total. The van der Waals surface area contributed by atoms with Crippen molar-refractivity contribution in [2.24, 2.45) is 0 Å². The molecule has 0 saturated heterocycles. The number of allylic oxidation sites excluding steroid dienone is 3. The number of hydrogen-bond acceptors (Lipinski definition) is 3. The van der Waals surface area contributed by atoms with E-state index in [0.717, 1.165) is 24.2 Å². The monoisotopic (exact) mass is 375 g/mol. The van der Waals surface area contributed by atoms with Crippen LogP contribution in [0.3, 0.4) is 0 Å². The molecule has 0 aliphatic carbocycles. The lowest BCUT2D eigenvalue weighted by atomic mass is 10.0. The lowest BCUT2D eigenvalue weighted by molar-refractivity contribution is 0.0693. The van der Waals surface area contributed by atoms with Crippen LogP contribution in [0.15, 0.2) is 66.4 Å². The number of carboxylic acid groups (broad SMARTS) is 1. The predicted octanol–water partition coefficient (Wildman–Crippen LogP) is 5.71. The van der Waals surface area contributed by atoms with E-state index in [-0.39, 0.29) is 11.3 Å². The van der Waals surface area contributed by atoms with E-state index in [1.807, 2.05) is 24.3 Å². The molecule has 3 rings (SSSR count). The fourth-order valence-electron chi connectivity index (χ4n) is 3.28. The molecule has 1 aliphatic heterocycles. The van der Waals surface area contributed by atoms with Crippen molar-refractivity contribution in [3.8, 4) is 5.75 Å². The van der Waals surface area contributed by atoms with Crippen LogP contribution in [0, 0.1) is 0 Å². The number of benzene rings is 2. The molecule has 1 heterocycles. The van der Waals surface area contributed by atoms with E-state index >= 15 is 0 Å². The zero-order chi connectivity index (χ0) is 19.9. The molecule has 2 aromatic rings. The van der Waals surface area contributed by atoms with Crippen molar-refractivity contribution < 1.29 is 15.0 Å².